The van der Waals surface area contributed by atoms with E-state index in [1.807, 2.05) is 0 Å². The van der Waals surface area contributed by atoms with Crippen LogP contribution < -0.4 is 10.1 Å². The number of benzene rings is 1. The van der Waals surface area contributed by atoms with E-state index in [2.05, 4.69) is 51.2 Å². The summed E-state index contributed by atoms with van der Waals surface area (Å²) in [5.74, 6) is 1.01. The number of hydrogen-bond acceptors (Lipinski definition) is 2. The largest absolute Gasteiger partial charge is 0.496 e. The minimum absolute atomic E-state index is 0.105. The lowest BCUT2D eigenvalue weighted by atomic mass is 9.68. The molecule has 1 aromatic rings. The molecule has 0 saturated carbocycles. The van der Waals surface area contributed by atoms with E-state index in [1.54, 1.807) is 7.11 Å². The lowest BCUT2D eigenvalue weighted by Gasteiger charge is -2.39. The molecule has 0 spiro atoms. The molecule has 1 aliphatic heterocycles. The second-order valence-electron chi connectivity index (χ2n) is 5.84. The van der Waals surface area contributed by atoms with Gasteiger partial charge in [0.25, 0.3) is 0 Å². The summed E-state index contributed by atoms with van der Waals surface area (Å²) in [5, 5.41) is 3.60. The molecule has 1 aromatic carbocycles. The molecular weight excluding hydrogens is 210 g/mol. The van der Waals surface area contributed by atoms with Crippen molar-refractivity contribution in [2.24, 2.45) is 0 Å². The first-order valence-electron chi connectivity index (χ1n) is 6.31. The normalized spacial score (nSPS) is 27.1. The van der Waals surface area contributed by atoms with Crippen molar-refractivity contribution in [1.29, 1.82) is 0 Å². The van der Waals surface area contributed by atoms with Crippen molar-refractivity contribution in [2.75, 3.05) is 13.7 Å². The Kier molecular flexibility index (Phi) is 2.94. The van der Waals surface area contributed by atoms with Crippen LogP contribution in [0, 0.1) is 6.92 Å². The summed E-state index contributed by atoms with van der Waals surface area (Å²) >= 11 is 0. The van der Waals surface area contributed by atoms with E-state index < -0.39 is 0 Å². The van der Waals surface area contributed by atoms with Gasteiger partial charge in [-0.15, -0.1) is 0 Å². The summed E-state index contributed by atoms with van der Waals surface area (Å²) in [7, 11) is 1.76. The molecule has 2 rings (SSSR count). The molecule has 2 heteroatoms. The average molecular weight is 233 g/mol. The predicted molar refractivity (Wildman–Crippen MR) is 71.8 cm³/mol. The topological polar surface area (TPSA) is 21.3 Å². The summed E-state index contributed by atoms with van der Waals surface area (Å²) in [6.07, 6.45) is 1.15. The van der Waals surface area contributed by atoms with E-state index in [0.717, 1.165) is 18.7 Å². The fourth-order valence-corrected chi connectivity index (χ4v) is 2.86. The van der Waals surface area contributed by atoms with E-state index in [-0.39, 0.29) is 11.0 Å². The number of ether oxygens (including phenoxy) is 1. The zero-order valence-corrected chi connectivity index (χ0v) is 11.6. The Balaban J connectivity index is 2.56. The van der Waals surface area contributed by atoms with Gasteiger partial charge in [-0.1, -0.05) is 24.6 Å². The molecule has 1 heterocycles. The molecule has 1 fully saturated rings. The van der Waals surface area contributed by atoms with Crippen molar-refractivity contribution in [2.45, 2.75) is 45.1 Å². The molecule has 1 saturated heterocycles. The molecule has 1 N–H and O–H groups in total. The van der Waals surface area contributed by atoms with E-state index in [4.69, 9.17) is 4.74 Å². The predicted octanol–water partition coefficient (Wildman–Crippen LogP) is 3.03. The van der Waals surface area contributed by atoms with Crippen molar-refractivity contribution < 1.29 is 4.74 Å². The molecule has 1 atom stereocenters. The third kappa shape index (κ3) is 1.85. The van der Waals surface area contributed by atoms with Crippen molar-refractivity contribution >= 4 is 0 Å². The maximum absolute atomic E-state index is 5.54. The van der Waals surface area contributed by atoms with E-state index in [0.29, 0.717) is 0 Å². The van der Waals surface area contributed by atoms with Crippen LogP contribution in [0.4, 0.5) is 0 Å². The highest BCUT2D eigenvalue weighted by molar-refractivity contribution is 5.45. The Hall–Kier alpha value is -1.02. The summed E-state index contributed by atoms with van der Waals surface area (Å²) in [6, 6.07) is 6.47. The first kappa shape index (κ1) is 12.4. The van der Waals surface area contributed by atoms with Gasteiger partial charge in [-0.3, -0.25) is 0 Å². The lowest BCUT2D eigenvalue weighted by Crippen LogP contribution is -2.47. The Morgan fingerprint density at radius 3 is 2.47 bits per heavy atom. The third-order valence-electron chi connectivity index (χ3n) is 4.52. The number of rotatable bonds is 2. The maximum atomic E-state index is 5.54. The van der Waals surface area contributed by atoms with Crippen LogP contribution in [0.25, 0.3) is 0 Å². The quantitative estimate of drug-likeness (QED) is 0.847. The molecule has 0 aromatic heterocycles. The summed E-state index contributed by atoms with van der Waals surface area (Å²) < 4.78 is 5.54. The van der Waals surface area contributed by atoms with Gasteiger partial charge >= 0.3 is 0 Å². The first-order valence-corrected chi connectivity index (χ1v) is 6.31. The van der Waals surface area contributed by atoms with Gasteiger partial charge in [0.05, 0.1) is 7.11 Å². The number of nitrogens with one attached hydrogen (secondary N) is 1. The Labute approximate surface area is 104 Å². The molecule has 0 bridgehead atoms. The standard InChI is InChI=1S/C15H23NO/c1-11-6-7-13(17-5)12(10-11)15(4)8-9-16-14(15,2)3/h6-7,10,16H,8-9H2,1-5H3. The highest BCUT2D eigenvalue weighted by atomic mass is 16.5. The Morgan fingerprint density at radius 2 is 1.94 bits per heavy atom. The second kappa shape index (κ2) is 4.02. The van der Waals surface area contributed by atoms with Crippen LogP contribution >= 0.6 is 0 Å². The molecular formula is C15H23NO. The maximum Gasteiger partial charge on any atom is 0.122 e. The third-order valence-corrected chi connectivity index (χ3v) is 4.52. The van der Waals surface area contributed by atoms with E-state index in [1.165, 1.54) is 11.1 Å². The molecule has 0 aliphatic carbocycles. The van der Waals surface area contributed by atoms with Crippen molar-refractivity contribution in [3.63, 3.8) is 0 Å². The van der Waals surface area contributed by atoms with Crippen LogP contribution in [-0.4, -0.2) is 19.2 Å². The highest BCUT2D eigenvalue weighted by Gasteiger charge is 2.47. The van der Waals surface area contributed by atoms with Gasteiger partial charge < -0.3 is 10.1 Å². The highest BCUT2D eigenvalue weighted by Crippen LogP contribution is 2.45. The van der Waals surface area contributed by atoms with Crippen LogP contribution in [0.1, 0.15) is 38.3 Å². The van der Waals surface area contributed by atoms with Crippen molar-refractivity contribution in [3.8, 4) is 5.75 Å². The van der Waals surface area contributed by atoms with Gasteiger partial charge in [0, 0.05) is 16.5 Å². The van der Waals surface area contributed by atoms with Crippen LogP contribution in [-0.2, 0) is 5.41 Å². The van der Waals surface area contributed by atoms with Gasteiger partial charge in [0.15, 0.2) is 0 Å². The van der Waals surface area contributed by atoms with Crippen LogP contribution in [0.5, 0.6) is 5.75 Å². The van der Waals surface area contributed by atoms with Crippen LogP contribution in [0.15, 0.2) is 18.2 Å². The van der Waals surface area contributed by atoms with E-state index >= 15 is 0 Å². The fourth-order valence-electron chi connectivity index (χ4n) is 2.86. The summed E-state index contributed by atoms with van der Waals surface area (Å²) in [4.78, 5) is 0. The number of aryl methyl sites for hydroxylation is 1. The second-order valence-corrected chi connectivity index (χ2v) is 5.84. The van der Waals surface area contributed by atoms with Crippen LogP contribution in [0.2, 0.25) is 0 Å². The van der Waals surface area contributed by atoms with E-state index in [9.17, 15) is 0 Å². The fraction of sp³-hybridized carbons (Fsp3) is 0.600. The van der Waals surface area contributed by atoms with Gasteiger partial charge in [-0.25, -0.2) is 0 Å². The smallest absolute Gasteiger partial charge is 0.122 e. The lowest BCUT2D eigenvalue weighted by molar-refractivity contribution is 0.285. The molecule has 0 amide bonds. The molecule has 17 heavy (non-hydrogen) atoms. The Morgan fingerprint density at radius 1 is 1.24 bits per heavy atom. The molecule has 0 radical (unpaired) electrons. The monoisotopic (exact) mass is 233 g/mol. The summed E-state index contributed by atoms with van der Waals surface area (Å²) in [5.41, 5.74) is 2.86. The number of hydrogen-bond donors (Lipinski definition) is 1. The number of methoxy groups -OCH3 is 1. The van der Waals surface area contributed by atoms with Gasteiger partial charge in [0.1, 0.15) is 5.75 Å². The van der Waals surface area contributed by atoms with Crippen molar-refractivity contribution in [1.82, 2.24) is 5.32 Å². The average Bonchev–Trinajstić information content (AvgIpc) is 2.54. The zero-order valence-electron chi connectivity index (χ0n) is 11.6. The molecule has 2 nitrogen and oxygen atoms in total. The SMILES string of the molecule is COc1ccc(C)cc1C1(C)CCNC1(C)C. The summed E-state index contributed by atoms with van der Waals surface area (Å²) in [6.45, 7) is 10.1. The van der Waals surface area contributed by atoms with Gasteiger partial charge in [0.2, 0.25) is 0 Å². The molecule has 94 valence electrons. The molecule has 1 aliphatic rings. The van der Waals surface area contributed by atoms with Crippen LogP contribution in [0.3, 0.4) is 0 Å². The van der Waals surface area contributed by atoms with Gasteiger partial charge in [-0.05, 0) is 39.8 Å². The van der Waals surface area contributed by atoms with Crippen molar-refractivity contribution in [3.05, 3.63) is 29.3 Å². The first-order chi connectivity index (χ1) is 7.90. The Bertz CT molecular complexity index is 425. The minimum atomic E-state index is 0.105. The minimum Gasteiger partial charge on any atom is -0.496 e. The zero-order chi connectivity index (χ0) is 12.7. The van der Waals surface area contributed by atoms with Gasteiger partial charge in [-0.2, -0.15) is 0 Å². The molecule has 1 unspecified atom stereocenters.